The average Bonchev–Trinajstić information content (AvgIpc) is 2.80. The third-order valence-electron chi connectivity index (χ3n) is 6.39. The van der Waals surface area contributed by atoms with Gasteiger partial charge in [-0.25, -0.2) is 13.1 Å². The smallest absolute Gasteiger partial charge is 0.255 e. The molecule has 176 valence electrons. The van der Waals surface area contributed by atoms with Gasteiger partial charge < -0.3 is 14.5 Å². The second kappa shape index (κ2) is 10.3. The van der Waals surface area contributed by atoms with Crippen LogP contribution < -0.4 is 4.72 Å². The van der Waals surface area contributed by atoms with Crippen molar-refractivity contribution in [2.24, 2.45) is 0 Å². The van der Waals surface area contributed by atoms with Crippen LogP contribution in [0, 0.1) is 0 Å². The van der Waals surface area contributed by atoms with Crippen LogP contribution in [0.15, 0.2) is 53.1 Å². The third-order valence-corrected chi connectivity index (χ3v) is 7.81. The number of benzene rings is 1. The van der Waals surface area contributed by atoms with Crippen molar-refractivity contribution < 1.29 is 17.9 Å². The van der Waals surface area contributed by atoms with Crippen LogP contribution in [0.2, 0.25) is 0 Å². The first-order valence-corrected chi connectivity index (χ1v) is 12.7. The molecule has 0 aromatic heterocycles. The minimum absolute atomic E-state index is 0.0145. The molecule has 1 unspecified atom stereocenters. The Hall–Kier alpha value is -2.00. The Morgan fingerprint density at radius 2 is 2.00 bits per heavy atom. The number of carbonyl (C=O) groups is 1. The number of hydrogen-bond donors (Lipinski definition) is 1. The van der Waals surface area contributed by atoms with E-state index in [0.29, 0.717) is 11.4 Å². The van der Waals surface area contributed by atoms with Crippen molar-refractivity contribution in [1.29, 1.82) is 0 Å². The van der Waals surface area contributed by atoms with Gasteiger partial charge in [0.2, 0.25) is 10.0 Å². The quantitative estimate of drug-likeness (QED) is 0.632. The first-order chi connectivity index (χ1) is 15.2. The van der Waals surface area contributed by atoms with E-state index in [9.17, 15) is 13.2 Å². The minimum atomic E-state index is -3.43. The van der Waals surface area contributed by atoms with E-state index in [1.165, 1.54) is 7.05 Å². The summed E-state index contributed by atoms with van der Waals surface area (Å²) >= 11 is 0. The standard InChI is InChI=1S/C24H35N3O4S/c1-5-8-21(6-2)27-18-24(31-19(3)23(27)28)12-15-26(16-13-24)14-11-20-9-7-10-22(17-20)32(29,30)25-4/h5-10,17,19,25H,11-16,18H2,1-4H3/b8-5-,21-6+. The maximum Gasteiger partial charge on any atom is 0.255 e. The summed E-state index contributed by atoms with van der Waals surface area (Å²) in [7, 11) is -2.01. The van der Waals surface area contributed by atoms with E-state index in [-0.39, 0.29) is 11.5 Å². The van der Waals surface area contributed by atoms with E-state index >= 15 is 0 Å². The molecule has 1 amide bonds. The molecule has 1 aromatic carbocycles. The molecule has 2 aliphatic heterocycles. The van der Waals surface area contributed by atoms with Crippen LogP contribution in [0.5, 0.6) is 0 Å². The molecule has 8 heteroatoms. The van der Waals surface area contributed by atoms with Gasteiger partial charge in [0.1, 0.15) is 6.10 Å². The van der Waals surface area contributed by atoms with E-state index in [4.69, 9.17) is 4.74 Å². The van der Waals surface area contributed by atoms with Gasteiger partial charge in [0, 0.05) is 25.3 Å². The van der Waals surface area contributed by atoms with Crippen molar-refractivity contribution in [2.75, 3.05) is 33.2 Å². The molecule has 32 heavy (non-hydrogen) atoms. The van der Waals surface area contributed by atoms with Crippen LogP contribution in [-0.2, 0) is 26.0 Å². The monoisotopic (exact) mass is 461 g/mol. The fourth-order valence-corrected chi connectivity index (χ4v) is 5.31. The van der Waals surface area contributed by atoms with Crippen LogP contribution in [0.1, 0.15) is 39.2 Å². The molecule has 0 bridgehead atoms. The number of ether oxygens (including phenoxy) is 1. The van der Waals surface area contributed by atoms with Crippen LogP contribution in [0.4, 0.5) is 0 Å². The van der Waals surface area contributed by atoms with Gasteiger partial charge in [-0.1, -0.05) is 24.3 Å². The lowest BCUT2D eigenvalue weighted by Gasteiger charge is -2.49. The van der Waals surface area contributed by atoms with Gasteiger partial charge >= 0.3 is 0 Å². The van der Waals surface area contributed by atoms with Crippen molar-refractivity contribution in [2.45, 2.75) is 56.6 Å². The number of nitrogens with zero attached hydrogens (tertiary/aromatic N) is 2. The van der Waals surface area contributed by atoms with Crippen LogP contribution >= 0.6 is 0 Å². The highest BCUT2D eigenvalue weighted by atomic mass is 32.2. The Balaban J connectivity index is 1.61. The topological polar surface area (TPSA) is 79.0 Å². The molecule has 1 atom stereocenters. The molecule has 7 nitrogen and oxygen atoms in total. The van der Waals surface area contributed by atoms with Gasteiger partial charge in [-0.2, -0.15) is 0 Å². The molecule has 2 aliphatic rings. The van der Waals surface area contributed by atoms with E-state index < -0.39 is 16.1 Å². The first kappa shape index (κ1) is 24.6. The summed E-state index contributed by atoms with van der Waals surface area (Å²) in [6.07, 6.45) is 7.96. The zero-order valence-electron chi connectivity index (χ0n) is 19.5. The van der Waals surface area contributed by atoms with Crippen LogP contribution in [0.3, 0.4) is 0 Å². The zero-order chi connectivity index (χ0) is 23.4. The lowest BCUT2D eigenvalue weighted by molar-refractivity contribution is -0.185. The van der Waals surface area contributed by atoms with Crippen molar-refractivity contribution >= 4 is 15.9 Å². The highest BCUT2D eigenvalue weighted by Gasteiger charge is 2.45. The molecule has 0 aliphatic carbocycles. The predicted octanol–water partition coefficient (Wildman–Crippen LogP) is 2.70. The second-order valence-electron chi connectivity index (χ2n) is 8.53. The molecule has 2 fully saturated rings. The molecular formula is C24H35N3O4S. The van der Waals surface area contributed by atoms with Crippen molar-refractivity contribution in [3.8, 4) is 0 Å². The summed E-state index contributed by atoms with van der Waals surface area (Å²) in [5.41, 5.74) is 1.61. The SMILES string of the molecule is C/C=C\C(=C/C)N1CC2(CCN(CCc3cccc(S(=O)(=O)NC)c3)CC2)OC(C)C1=O. The normalized spacial score (nSPS) is 22.8. The summed E-state index contributed by atoms with van der Waals surface area (Å²) in [6.45, 7) is 8.96. The minimum Gasteiger partial charge on any atom is -0.360 e. The number of rotatable bonds is 7. The maximum atomic E-state index is 12.7. The van der Waals surface area contributed by atoms with E-state index in [1.54, 1.807) is 18.2 Å². The summed E-state index contributed by atoms with van der Waals surface area (Å²) in [4.78, 5) is 17.3. The number of amides is 1. The van der Waals surface area contributed by atoms with Crippen LogP contribution in [-0.4, -0.2) is 69.1 Å². The van der Waals surface area contributed by atoms with Gasteiger partial charge in [-0.15, -0.1) is 0 Å². The van der Waals surface area contributed by atoms with Crippen LogP contribution in [0.25, 0.3) is 0 Å². The molecule has 1 aromatic rings. The first-order valence-electron chi connectivity index (χ1n) is 11.3. The van der Waals surface area contributed by atoms with Gasteiger partial charge in [-0.05, 0) is 70.9 Å². The van der Waals surface area contributed by atoms with E-state index in [2.05, 4.69) is 9.62 Å². The van der Waals surface area contributed by atoms with Crippen molar-refractivity contribution in [3.05, 3.63) is 53.8 Å². The lowest BCUT2D eigenvalue weighted by atomic mass is 9.88. The highest BCUT2D eigenvalue weighted by molar-refractivity contribution is 7.89. The fourth-order valence-electron chi connectivity index (χ4n) is 4.51. The lowest BCUT2D eigenvalue weighted by Crippen LogP contribution is -2.60. The number of carbonyl (C=O) groups excluding carboxylic acids is 1. The summed E-state index contributed by atoms with van der Waals surface area (Å²) in [5, 5.41) is 0. The summed E-state index contributed by atoms with van der Waals surface area (Å²) in [6, 6.07) is 7.11. The number of sulfonamides is 1. The summed E-state index contributed by atoms with van der Waals surface area (Å²) in [5.74, 6) is 0.0145. The number of likely N-dealkylation sites (tertiary alicyclic amines) is 1. The average molecular weight is 462 g/mol. The molecule has 0 radical (unpaired) electrons. The molecule has 1 spiro atoms. The molecule has 0 saturated carbocycles. The second-order valence-corrected chi connectivity index (χ2v) is 10.4. The van der Waals surface area contributed by atoms with Crippen molar-refractivity contribution in [3.63, 3.8) is 0 Å². The van der Waals surface area contributed by atoms with Gasteiger partial charge in [0.15, 0.2) is 0 Å². The van der Waals surface area contributed by atoms with E-state index in [1.807, 2.05) is 50.0 Å². The van der Waals surface area contributed by atoms with Crippen molar-refractivity contribution in [1.82, 2.24) is 14.5 Å². The van der Waals surface area contributed by atoms with Gasteiger partial charge in [0.25, 0.3) is 5.91 Å². The Kier molecular flexibility index (Phi) is 7.92. The number of hydrogen-bond acceptors (Lipinski definition) is 5. The predicted molar refractivity (Wildman–Crippen MR) is 126 cm³/mol. The molecule has 2 heterocycles. The number of morpholine rings is 1. The van der Waals surface area contributed by atoms with E-state index in [0.717, 1.165) is 50.2 Å². The Morgan fingerprint density at radius 3 is 2.62 bits per heavy atom. The Bertz CT molecular complexity index is 979. The Labute approximate surface area is 192 Å². The zero-order valence-corrected chi connectivity index (χ0v) is 20.3. The largest absolute Gasteiger partial charge is 0.360 e. The molecular weight excluding hydrogens is 426 g/mol. The molecule has 1 N–H and O–H groups in total. The Morgan fingerprint density at radius 1 is 1.28 bits per heavy atom. The third kappa shape index (κ3) is 5.49. The number of allylic oxidation sites excluding steroid dienone is 3. The van der Waals surface area contributed by atoms with Gasteiger partial charge in [0.05, 0.1) is 17.0 Å². The highest BCUT2D eigenvalue weighted by Crippen LogP contribution is 2.34. The fraction of sp³-hybridized carbons (Fsp3) is 0.542. The molecule has 3 rings (SSSR count). The number of nitrogens with one attached hydrogen (secondary N) is 1. The summed E-state index contributed by atoms with van der Waals surface area (Å²) < 4.78 is 32.7. The molecule has 2 saturated heterocycles. The van der Waals surface area contributed by atoms with Gasteiger partial charge in [-0.3, -0.25) is 4.79 Å². The maximum absolute atomic E-state index is 12.7. The number of piperidine rings is 1.